The summed E-state index contributed by atoms with van der Waals surface area (Å²) in [6.45, 7) is 10.6. The highest BCUT2D eigenvalue weighted by Crippen LogP contribution is 2.16. The van der Waals surface area contributed by atoms with Gasteiger partial charge in [-0.1, -0.05) is 84.5 Å². The quantitative estimate of drug-likeness (QED) is 0.253. The normalized spacial score (nSPS) is 11.1. The molecule has 0 fully saturated rings. The first-order chi connectivity index (χ1) is 12.9. The number of quaternary nitrogens is 1. The van der Waals surface area contributed by atoms with Crippen LogP contribution in [0.5, 0.6) is 0 Å². The smallest absolute Gasteiger partial charge is 0.229 e. The molecule has 4 heteroatoms. The second kappa shape index (κ2) is 19.8. The third kappa shape index (κ3) is 17.6. The zero-order valence-corrected chi connectivity index (χ0v) is 20.2. The van der Waals surface area contributed by atoms with Crippen molar-refractivity contribution in [3.05, 3.63) is 12.3 Å². The SMILES string of the molecule is C=C(CC(=O)NCCCCCCCC)[N+](C)(C)CCCCCCCCCC.[Cl-]. The summed E-state index contributed by atoms with van der Waals surface area (Å²) in [5.74, 6) is 0.135. The number of halogens is 1. The zero-order valence-electron chi connectivity index (χ0n) is 19.5. The van der Waals surface area contributed by atoms with Gasteiger partial charge in [0.2, 0.25) is 5.91 Å². The van der Waals surface area contributed by atoms with Gasteiger partial charge in [0.05, 0.1) is 20.6 Å². The standard InChI is InChI=1S/C24H48N2O.ClH/c1-6-8-10-12-14-15-17-19-21-26(4,5)23(3)22-24(27)25-20-18-16-13-11-9-7-2;/h3,6-22H2,1-2,4-5H3;1H. The van der Waals surface area contributed by atoms with E-state index in [9.17, 15) is 4.79 Å². The summed E-state index contributed by atoms with van der Waals surface area (Å²) >= 11 is 0. The third-order valence-corrected chi connectivity index (χ3v) is 5.64. The van der Waals surface area contributed by atoms with Gasteiger partial charge in [0.1, 0.15) is 12.1 Å². The lowest BCUT2D eigenvalue weighted by Gasteiger charge is -2.31. The highest BCUT2D eigenvalue weighted by molar-refractivity contribution is 5.77. The molecule has 0 aliphatic carbocycles. The van der Waals surface area contributed by atoms with Crippen molar-refractivity contribution in [3.8, 4) is 0 Å². The maximum absolute atomic E-state index is 12.2. The van der Waals surface area contributed by atoms with Gasteiger partial charge in [0.15, 0.2) is 0 Å². The van der Waals surface area contributed by atoms with Gasteiger partial charge in [-0.2, -0.15) is 0 Å². The summed E-state index contributed by atoms with van der Waals surface area (Å²) in [6.07, 6.45) is 18.7. The van der Waals surface area contributed by atoms with E-state index in [4.69, 9.17) is 0 Å². The van der Waals surface area contributed by atoms with Crippen molar-refractivity contribution < 1.29 is 21.7 Å². The van der Waals surface area contributed by atoms with Gasteiger partial charge < -0.3 is 17.7 Å². The molecule has 0 radical (unpaired) electrons. The summed E-state index contributed by atoms with van der Waals surface area (Å²) in [4.78, 5) is 12.2. The first kappa shape index (κ1) is 29.7. The van der Waals surface area contributed by atoms with E-state index in [0.29, 0.717) is 6.42 Å². The van der Waals surface area contributed by atoms with E-state index in [2.05, 4.69) is 39.8 Å². The molecule has 0 aliphatic heterocycles. The van der Waals surface area contributed by atoms with Gasteiger partial charge in [-0.3, -0.25) is 9.28 Å². The van der Waals surface area contributed by atoms with Crippen LogP contribution in [0, 0.1) is 0 Å². The average Bonchev–Trinajstić information content (AvgIpc) is 2.63. The van der Waals surface area contributed by atoms with Crippen molar-refractivity contribution in [3.63, 3.8) is 0 Å². The first-order valence-electron chi connectivity index (χ1n) is 11.7. The van der Waals surface area contributed by atoms with Crippen LogP contribution in [-0.4, -0.2) is 37.6 Å². The van der Waals surface area contributed by atoms with Crippen molar-refractivity contribution in [2.75, 3.05) is 27.2 Å². The van der Waals surface area contributed by atoms with Crippen LogP contribution >= 0.6 is 0 Å². The molecular weight excluding hydrogens is 368 g/mol. The Kier molecular flexibility index (Phi) is 20.9. The lowest BCUT2D eigenvalue weighted by atomic mass is 10.1. The fourth-order valence-corrected chi connectivity index (χ4v) is 3.39. The molecule has 28 heavy (non-hydrogen) atoms. The number of rotatable bonds is 19. The fourth-order valence-electron chi connectivity index (χ4n) is 3.39. The molecule has 1 N–H and O–H groups in total. The molecule has 0 saturated heterocycles. The minimum atomic E-state index is 0. The largest absolute Gasteiger partial charge is 1.00 e. The summed E-state index contributed by atoms with van der Waals surface area (Å²) in [5.41, 5.74) is 1.03. The molecule has 0 aromatic carbocycles. The van der Waals surface area contributed by atoms with E-state index >= 15 is 0 Å². The predicted octanol–water partition coefficient (Wildman–Crippen LogP) is 3.59. The Morgan fingerprint density at radius 1 is 0.750 bits per heavy atom. The Bertz CT molecular complexity index is 383. The Hall–Kier alpha value is -0.540. The number of amides is 1. The molecule has 0 rings (SSSR count). The maximum atomic E-state index is 12.2. The fraction of sp³-hybridized carbons (Fsp3) is 0.875. The van der Waals surface area contributed by atoms with E-state index in [1.165, 1.54) is 83.5 Å². The Labute approximate surface area is 182 Å². The van der Waals surface area contributed by atoms with Gasteiger partial charge >= 0.3 is 0 Å². The monoisotopic (exact) mass is 416 g/mol. The molecule has 1 amide bonds. The zero-order chi connectivity index (χ0) is 20.4. The van der Waals surface area contributed by atoms with Crippen LogP contribution in [-0.2, 0) is 4.79 Å². The Morgan fingerprint density at radius 3 is 1.68 bits per heavy atom. The highest BCUT2D eigenvalue weighted by Gasteiger charge is 2.22. The molecular formula is C24H49ClN2O. The van der Waals surface area contributed by atoms with E-state index < -0.39 is 0 Å². The highest BCUT2D eigenvalue weighted by atomic mass is 35.5. The molecule has 0 heterocycles. The average molecular weight is 417 g/mol. The minimum absolute atomic E-state index is 0. The van der Waals surface area contributed by atoms with Gasteiger partial charge in [0, 0.05) is 6.54 Å². The van der Waals surface area contributed by atoms with Crippen LogP contribution in [0.15, 0.2) is 12.3 Å². The van der Waals surface area contributed by atoms with Crippen molar-refractivity contribution >= 4 is 5.91 Å². The van der Waals surface area contributed by atoms with Crippen molar-refractivity contribution in [1.82, 2.24) is 5.32 Å². The first-order valence-corrected chi connectivity index (χ1v) is 11.7. The minimum Gasteiger partial charge on any atom is -1.00 e. The van der Waals surface area contributed by atoms with Crippen molar-refractivity contribution in [1.29, 1.82) is 0 Å². The van der Waals surface area contributed by atoms with E-state index in [-0.39, 0.29) is 18.3 Å². The van der Waals surface area contributed by atoms with E-state index in [0.717, 1.165) is 29.7 Å². The lowest BCUT2D eigenvalue weighted by Crippen LogP contribution is -3.00. The van der Waals surface area contributed by atoms with Crippen LogP contribution in [0.1, 0.15) is 110 Å². The number of carbonyl (C=O) groups is 1. The van der Waals surface area contributed by atoms with Crippen LogP contribution in [0.4, 0.5) is 0 Å². The lowest BCUT2D eigenvalue weighted by molar-refractivity contribution is -0.853. The summed E-state index contributed by atoms with van der Waals surface area (Å²) in [7, 11) is 4.37. The molecule has 0 aromatic heterocycles. The third-order valence-electron chi connectivity index (χ3n) is 5.64. The van der Waals surface area contributed by atoms with Crippen LogP contribution in [0.2, 0.25) is 0 Å². The number of hydrogen-bond acceptors (Lipinski definition) is 1. The summed E-state index contributed by atoms with van der Waals surface area (Å²) in [5, 5.41) is 3.07. The van der Waals surface area contributed by atoms with Gasteiger partial charge in [0.25, 0.3) is 0 Å². The van der Waals surface area contributed by atoms with Gasteiger partial charge in [-0.05, 0) is 25.8 Å². The molecule has 3 nitrogen and oxygen atoms in total. The Morgan fingerprint density at radius 2 is 1.18 bits per heavy atom. The van der Waals surface area contributed by atoms with E-state index in [1.807, 2.05) is 0 Å². The predicted molar refractivity (Wildman–Crippen MR) is 120 cm³/mol. The summed E-state index contributed by atoms with van der Waals surface area (Å²) < 4.78 is 0.764. The van der Waals surface area contributed by atoms with Gasteiger partial charge in [-0.15, -0.1) is 0 Å². The molecule has 0 bridgehead atoms. The van der Waals surface area contributed by atoms with Crippen LogP contribution in [0.3, 0.4) is 0 Å². The van der Waals surface area contributed by atoms with Gasteiger partial charge in [-0.25, -0.2) is 0 Å². The second-order valence-electron chi connectivity index (χ2n) is 8.74. The topological polar surface area (TPSA) is 29.1 Å². The summed E-state index contributed by atoms with van der Waals surface area (Å²) in [6, 6.07) is 0. The molecule has 0 atom stereocenters. The van der Waals surface area contributed by atoms with E-state index in [1.54, 1.807) is 0 Å². The molecule has 168 valence electrons. The van der Waals surface area contributed by atoms with Crippen LogP contribution in [0.25, 0.3) is 0 Å². The Balaban J connectivity index is 0. The molecule has 0 aromatic rings. The molecule has 0 spiro atoms. The number of unbranched alkanes of at least 4 members (excludes halogenated alkanes) is 12. The van der Waals surface area contributed by atoms with Crippen LogP contribution < -0.4 is 17.7 Å². The number of carbonyl (C=O) groups excluding carboxylic acids is 1. The number of nitrogens with one attached hydrogen (secondary N) is 1. The van der Waals surface area contributed by atoms with Crippen molar-refractivity contribution in [2.24, 2.45) is 0 Å². The second-order valence-corrected chi connectivity index (χ2v) is 8.74. The molecule has 0 unspecified atom stereocenters. The molecule has 0 saturated carbocycles. The van der Waals surface area contributed by atoms with Crippen molar-refractivity contribution in [2.45, 2.75) is 110 Å². The number of hydrogen-bond donors (Lipinski definition) is 1. The maximum Gasteiger partial charge on any atom is 0.229 e. The molecule has 0 aliphatic rings. The number of nitrogens with zero attached hydrogens (tertiary/aromatic N) is 1.